The third-order valence-electron chi connectivity index (χ3n) is 14.0. The second-order valence-corrected chi connectivity index (χ2v) is 18.2. The average molecular weight is 929 g/mol. The molecular weight excluding hydrogens is 849 g/mol. The molecule has 370 valence electrons. The van der Waals surface area contributed by atoms with Crippen molar-refractivity contribution in [3.63, 3.8) is 0 Å². The summed E-state index contributed by atoms with van der Waals surface area (Å²) in [6, 6.07) is 26.6. The molecule has 0 spiro atoms. The highest BCUT2D eigenvalue weighted by atomic mass is 16.6. The molecule has 2 N–H and O–H groups in total. The number of carbonyl (C=O) groups is 3. The van der Waals surface area contributed by atoms with Gasteiger partial charge in [0.15, 0.2) is 0 Å². The molecule has 2 atom stereocenters. The maximum Gasteiger partial charge on any atom is 0.410 e. The van der Waals surface area contributed by atoms with Gasteiger partial charge in [0.1, 0.15) is 18.1 Å². The van der Waals surface area contributed by atoms with E-state index in [1.807, 2.05) is 56.3 Å². The van der Waals surface area contributed by atoms with Crippen LogP contribution < -0.4 is 14.8 Å². The fourth-order valence-electron chi connectivity index (χ4n) is 10.1. The molecule has 0 aliphatic carbocycles. The molecule has 3 aromatic rings. The fraction of sp³-hybridized carbons (Fsp3) is 0.611. The number of methoxy groups -OCH3 is 2. The summed E-state index contributed by atoms with van der Waals surface area (Å²) in [4.78, 5) is 44.8. The van der Waals surface area contributed by atoms with Gasteiger partial charge in [-0.05, 0) is 176 Å². The van der Waals surface area contributed by atoms with Crippen molar-refractivity contribution in [1.82, 2.24) is 20.0 Å². The van der Waals surface area contributed by atoms with Crippen LogP contribution in [-0.4, -0.2) is 137 Å². The number of aliphatic hydroxyl groups is 1. The highest BCUT2D eigenvalue weighted by molar-refractivity contribution is 5.74. The van der Waals surface area contributed by atoms with E-state index in [1.54, 1.807) is 26.0 Å². The van der Waals surface area contributed by atoms with E-state index in [4.69, 9.17) is 28.8 Å². The number of piperidine rings is 4. The van der Waals surface area contributed by atoms with Gasteiger partial charge in [0, 0.05) is 32.8 Å². The molecule has 7 rings (SSSR count). The number of aliphatic hydroxyl groups excluding tert-OH is 1. The van der Waals surface area contributed by atoms with E-state index < -0.39 is 0 Å². The molecule has 3 aromatic carbocycles. The van der Waals surface area contributed by atoms with Gasteiger partial charge in [-0.25, -0.2) is 4.79 Å². The zero-order chi connectivity index (χ0) is 47.8. The summed E-state index contributed by atoms with van der Waals surface area (Å²) in [6.45, 7) is 15.7. The summed E-state index contributed by atoms with van der Waals surface area (Å²) in [7, 11) is 3.39. The highest BCUT2D eigenvalue weighted by Gasteiger charge is 2.37. The Labute approximate surface area is 400 Å². The van der Waals surface area contributed by atoms with Crippen LogP contribution in [0.25, 0.3) is 0 Å². The number of amides is 1. The summed E-state index contributed by atoms with van der Waals surface area (Å²) in [5.41, 5.74) is 3.73. The van der Waals surface area contributed by atoms with Crippen LogP contribution in [0.5, 0.6) is 11.5 Å². The molecule has 0 aromatic heterocycles. The van der Waals surface area contributed by atoms with Crippen molar-refractivity contribution in [1.29, 1.82) is 0 Å². The van der Waals surface area contributed by atoms with Crippen molar-refractivity contribution in [3.05, 3.63) is 95.6 Å². The second kappa shape index (κ2) is 29.3. The SMILES string of the molecule is CCO.CCOC(=O)C(CN1CCC(c2ccc(OC)cc2)CC1)C1CCN(C(=O)OCc2ccccc2)CC1.CCOC(=O)C(CN1CCC(c2ccc(OC)cc2)CC1)C1CCNCC1. The zero-order valence-electron chi connectivity index (χ0n) is 41.1. The number of hydrogen-bond acceptors (Lipinski definition) is 12. The smallest absolute Gasteiger partial charge is 0.410 e. The predicted octanol–water partition coefficient (Wildman–Crippen LogP) is 8.15. The lowest BCUT2D eigenvalue weighted by atomic mass is 9.83. The minimum atomic E-state index is -0.282. The van der Waals surface area contributed by atoms with Crippen LogP contribution >= 0.6 is 0 Å². The van der Waals surface area contributed by atoms with Crippen molar-refractivity contribution in [2.75, 3.05) is 99.5 Å². The number of nitrogens with zero attached hydrogens (tertiary/aromatic N) is 3. The van der Waals surface area contributed by atoms with Crippen LogP contribution in [0.2, 0.25) is 0 Å². The third kappa shape index (κ3) is 17.1. The van der Waals surface area contributed by atoms with Crippen LogP contribution in [0.15, 0.2) is 78.9 Å². The minimum absolute atomic E-state index is 0.00155. The Balaban J connectivity index is 0.000000247. The van der Waals surface area contributed by atoms with Crippen molar-refractivity contribution < 1.29 is 43.2 Å². The number of hydrogen-bond donors (Lipinski definition) is 2. The van der Waals surface area contributed by atoms with Crippen LogP contribution in [0.1, 0.15) is 101 Å². The number of benzene rings is 3. The molecule has 67 heavy (non-hydrogen) atoms. The van der Waals surface area contributed by atoms with E-state index in [2.05, 4.69) is 51.5 Å². The Morgan fingerprint density at radius 3 is 1.40 bits per heavy atom. The van der Waals surface area contributed by atoms with Gasteiger partial charge >= 0.3 is 18.0 Å². The number of nitrogens with one attached hydrogen (secondary N) is 1. The predicted molar refractivity (Wildman–Crippen MR) is 262 cm³/mol. The summed E-state index contributed by atoms with van der Waals surface area (Å²) in [6.07, 6.45) is 7.88. The first-order valence-corrected chi connectivity index (χ1v) is 25.0. The molecule has 1 amide bonds. The van der Waals surface area contributed by atoms with Gasteiger partial charge in [0.25, 0.3) is 0 Å². The summed E-state index contributed by atoms with van der Waals surface area (Å²) in [5.74, 6) is 3.34. The number of ether oxygens (including phenoxy) is 5. The van der Waals surface area contributed by atoms with Gasteiger partial charge in [0.05, 0.1) is 39.3 Å². The van der Waals surface area contributed by atoms with Gasteiger partial charge in [-0.3, -0.25) is 9.59 Å². The van der Waals surface area contributed by atoms with E-state index in [-0.39, 0.29) is 49.0 Å². The van der Waals surface area contributed by atoms with Crippen LogP contribution in [0, 0.1) is 23.7 Å². The van der Waals surface area contributed by atoms with Crippen LogP contribution in [0.4, 0.5) is 4.79 Å². The van der Waals surface area contributed by atoms with Crippen LogP contribution in [-0.2, 0) is 30.4 Å². The lowest BCUT2D eigenvalue weighted by Crippen LogP contribution is -2.46. The Morgan fingerprint density at radius 1 is 0.582 bits per heavy atom. The molecule has 4 saturated heterocycles. The highest BCUT2D eigenvalue weighted by Crippen LogP contribution is 2.34. The first kappa shape index (κ1) is 53.3. The molecule has 0 bridgehead atoms. The molecule has 0 radical (unpaired) electrons. The normalized spacial score (nSPS) is 18.8. The van der Waals surface area contributed by atoms with Crippen molar-refractivity contribution in [3.8, 4) is 11.5 Å². The van der Waals surface area contributed by atoms with E-state index >= 15 is 0 Å². The molecule has 4 aliphatic rings. The van der Waals surface area contributed by atoms with E-state index in [1.165, 1.54) is 11.1 Å². The molecule has 4 aliphatic heterocycles. The zero-order valence-corrected chi connectivity index (χ0v) is 41.1. The molecule has 4 fully saturated rings. The van der Waals surface area contributed by atoms with Gasteiger partial charge < -0.3 is 48.8 Å². The van der Waals surface area contributed by atoms with Gasteiger partial charge in [-0.15, -0.1) is 0 Å². The molecule has 0 saturated carbocycles. The number of rotatable bonds is 16. The Kier molecular flexibility index (Phi) is 23.3. The first-order chi connectivity index (χ1) is 32.7. The van der Waals surface area contributed by atoms with E-state index in [0.717, 1.165) is 121 Å². The van der Waals surface area contributed by atoms with Crippen LogP contribution in [0.3, 0.4) is 0 Å². The second-order valence-electron chi connectivity index (χ2n) is 18.2. The third-order valence-corrected chi connectivity index (χ3v) is 14.0. The van der Waals surface area contributed by atoms with Crippen molar-refractivity contribution in [2.45, 2.75) is 90.6 Å². The largest absolute Gasteiger partial charge is 0.497 e. The maximum absolute atomic E-state index is 13.0. The maximum atomic E-state index is 13.0. The van der Waals surface area contributed by atoms with Gasteiger partial charge in [-0.2, -0.15) is 0 Å². The van der Waals surface area contributed by atoms with Crippen molar-refractivity contribution in [2.24, 2.45) is 23.7 Å². The Bertz CT molecular complexity index is 1840. The topological polar surface area (TPSA) is 139 Å². The summed E-state index contributed by atoms with van der Waals surface area (Å²) < 4.78 is 27.0. The first-order valence-electron chi connectivity index (χ1n) is 25.0. The van der Waals surface area contributed by atoms with Gasteiger partial charge in [-0.1, -0.05) is 54.6 Å². The standard InChI is InChI=1S/C30H40N2O5.C22H34N2O3.C2H6O/c1-3-36-29(33)28(21-31-17-13-25(14-18-31)24-9-11-27(35-2)12-10-24)26-15-19-32(20-16-26)30(34)37-22-23-7-5-4-6-8-23;1-3-27-22(25)21(19-8-12-23-13-9-19)16-24-14-10-18(11-15-24)17-4-6-20(26-2)7-5-17;1-2-3/h4-12,25-26,28H,3,13-22H2,1-2H3;4-7,18-19,21,23H,3,8-16H2,1-2H3;3H,2H2,1H3. The molecule has 13 nitrogen and oxygen atoms in total. The molecule has 4 heterocycles. The van der Waals surface area contributed by atoms with E-state index in [9.17, 15) is 14.4 Å². The Morgan fingerprint density at radius 2 is 1.00 bits per heavy atom. The molecular formula is C54H80N4O9. The summed E-state index contributed by atoms with van der Waals surface area (Å²) >= 11 is 0. The fourth-order valence-corrected chi connectivity index (χ4v) is 10.1. The average Bonchev–Trinajstić information content (AvgIpc) is 3.38. The van der Waals surface area contributed by atoms with Crippen molar-refractivity contribution >= 4 is 18.0 Å². The van der Waals surface area contributed by atoms with Gasteiger partial charge in [0.2, 0.25) is 0 Å². The minimum Gasteiger partial charge on any atom is -0.497 e. The number of likely N-dealkylation sites (tertiary alicyclic amines) is 3. The molecule has 13 heteroatoms. The number of carbonyl (C=O) groups excluding carboxylic acids is 3. The lowest BCUT2D eigenvalue weighted by molar-refractivity contribution is -0.152. The molecule has 2 unspecified atom stereocenters. The Hall–Kier alpha value is -4.69. The monoisotopic (exact) mass is 929 g/mol. The lowest BCUT2D eigenvalue weighted by Gasteiger charge is -2.38. The number of esters is 2. The summed E-state index contributed by atoms with van der Waals surface area (Å²) in [5, 5.41) is 11.0. The quantitative estimate of drug-likeness (QED) is 0.106. The van der Waals surface area contributed by atoms with E-state index in [0.29, 0.717) is 44.1 Å².